The number of hydrogen-bond donors (Lipinski definition) is 1. The summed E-state index contributed by atoms with van der Waals surface area (Å²) in [7, 11) is 0. The van der Waals surface area contributed by atoms with Crippen molar-refractivity contribution in [1.82, 2.24) is 0 Å². The van der Waals surface area contributed by atoms with E-state index >= 15 is 0 Å². The second kappa shape index (κ2) is 35.2. The highest BCUT2D eigenvalue weighted by Gasteiger charge is 2.14. The predicted octanol–water partition coefficient (Wildman–Crippen LogP) is 13.1. The van der Waals surface area contributed by atoms with Gasteiger partial charge in [0.05, 0.1) is 0 Å². The summed E-state index contributed by atoms with van der Waals surface area (Å²) in [5.74, 6) is -0.668. The number of carboxylic acid groups (broad SMARTS) is 1. The highest BCUT2D eigenvalue weighted by Crippen LogP contribution is 2.19. The molecule has 43 heavy (non-hydrogen) atoms. The van der Waals surface area contributed by atoms with Crippen LogP contribution in [0.15, 0.2) is 12.2 Å². The Bertz CT molecular complexity index is 614. The lowest BCUT2D eigenvalue weighted by Gasteiger charge is -2.18. The minimum atomic E-state index is -0.685. The van der Waals surface area contributed by atoms with Gasteiger partial charge in [-0.2, -0.15) is 0 Å². The fraction of sp³-hybridized carbons (Fsp3) is 0.897. The van der Waals surface area contributed by atoms with Crippen LogP contribution in [0.5, 0.6) is 0 Å². The number of hydrogen-bond acceptors (Lipinski definition) is 3. The lowest BCUT2D eigenvalue weighted by Crippen LogP contribution is -2.18. The van der Waals surface area contributed by atoms with E-state index in [-0.39, 0.29) is 12.1 Å². The van der Waals surface area contributed by atoms with Crippen molar-refractivity contribution in [3.8, 4) is 0 Å². The Morgan fingerprint density at radius 2 is 0.837 bits per heavy atom. The van der Waals surface area contributed by atoms with Gasteiger partial charge in [0, 0.05) is 12.8 Å². The first-order valence-corrected chi connectivity index (χ1v) is 19.2. The zero-order valence-electron chi connectivity index (χ0n) is 29.0. The van der Waals surface area contributed by atoms with Gasteiger partial charge in [0.15, 0.2) is 0 Å². The average Bonchev–Trinajstić information content (AvgIpc) is 2.99. The Hall–Kier alpha value is -1.32. The fourth-order valence-electron chi connectivity index (χ4n) is 5.89. The average molecular weight is 607 g/mol. The maximum absolute atomic E-state index is 12.6. The molecule has 0 radical (unpaired) electrons. The Balaban J connectivity index is 4.04. The highest BCUT2D eigenvalue weighted by molar-refractivity contribution is 5.69. The van der Waals surface area contributed by atoms with Crippen LogP contribution in [-0.2, 0) is 14.3 Å². The van der Waals surface area contributed by atoms with Crippen LogP contribution in [0.2, 0.25) is 0 Å². The molecule has 1 unspecified atom stereocenters. The number of carbonyl (C=O) groups is 2. The van der Waals surface area contributed by atoms with Crippen LogP contribution in [0, 0.1) is 0 Å². The van der Waals surface area contributed by atoms with Crippen LogP contribution in [-0.4, -0.2) is 23.1 Å². The van der Waals surface area contributed by atoms with E-state index in [1.807, 2.05) is 0 Å². The predicted molar refractivity (Wildman–Crippen MR) is 186 cm³/mol. The van der Waals surface area contributed by atoms with Gasteiger partial charge >= 0.3 is 11.9 Å². The zero-order valence-corrected chi connectivity index (χ0v) is 29.0. The van der Waals surface area contributed by atoms with E-state index in [0.29, 0.717) is 12.8 Å². The maximum Gasteiger partial charge on any atom is 0.306 e. The van der Waals surface area contributed by atoms with Gasteiger partial charge in [-0.1, -0.05) is 154 Å². The molecule has 0 aliphatic carbocycles. The SMILES string of the molecule is CCCCCC/C=C\CCCCCCCCC(=O)OC(CCCCCCCCCCC)CCCCCCCCCC(=O)O. The van der Waals surface area contributed by atoms with Crippen molar-refractivity contribution in [2.45, 2.75) is 225 Å². The highest BCUT2D eigenvalue weighted by atomic mass is 16.5. The third-order valence-corrected chi connectivity index (χ3v) is 8.74. The van der Waals surface area contributed by atoms with E-state index in [2.05, 4.69) is 26.0 Å². The smallest absolute Gasteiger partial charge is 0.306 e. The van der Waals surface area contributed by atoms with E-state index in [1.165, 1.54) is 141 Å². The van der Waals surface area contributed by atoms with Gasteiger partial charge in [0.2, 0.25) is 0 Å². The van der Waals surface area contributed by atoms with Crippen LogP contribution in [0.1, 0.15) is 219 Å². The molecule has 0 aliphatic heterocycles. The molecule has 0 saturated heterocycles. The fourth-order valence-corrected chi connectivity index (χ4v) is 5.89. The lowest BCUT2D eigenvalue weighted by molar-refractivity contribution is -0.150. The van der Waals surface area contributed by atoms with E-state index in [4.69, 9.17) is 9.84 Å². The Kier molecular flexibility index (Phi) is 34.1. The summed E-state index contributed by atoms with van der Waals surface area (Å²) >= 11 is 0. The van der Waals surface area contributed by atoms with Crippen molar-refractivity contribution in [3.05, 3.63) is 12.2 Å². The molecule has 1 N–H and O–H groups in total. The molecule has 0 aromatic heterocycles. The Labute approximate surface area is 268 Å². The van der Waals surface area contributed by atoms with Crippen LogP contribution < -0.4 is 0 Å². The number of aliphatic carboxylic acids is 1. The van der Waals surface area contributed by atoms with Crippen molar-refractivity contribution in [1.29, 1.82) is 0 Å². The zero-order chi connectivity index (χ0) is 31.5. The number of rotatable bonds is 35. The summed E-state index contributed by atoms with van der Waals surface area (Å²) in [6.45, 7) is 4.53. The van der Waals surface area contributed by atoms with Crippen LogP contribution in [0.3, 0.4) is 0 Å². The molecule has 0 spiro atoms. The molecule has 0 aromatic rings. The first-order valence-electron chi connectivity index (χ1n) is 19.2. The number of esters is 1. The van der Waals surface area contributed by atoms with E-state index in [9.17, 15) is 9.59 Å². The van der Waals surface area contributed by atoms with E-state index in [0.717, 1.165) is 51.4 Å². The molecule has 4 nitrogen and oxygen atoms in total. The Morgan fingerprint density at radius 1 is 0.488 bits per heavy atom. The molecule has 1 atom stereocenters. The topological polar surface area (TPSA) is 63.6 Å². The van der Waals surface area contributed by atoms with Crippen molar-refractivity contribution < 1.29 is 19.4 Å². The first-order chi connectivity index (χ1) is 21.1. The summed E-state index contributed by atoms with van der Waals surface area (Å²) in [5, 5.41) is 8.75. The Morgan fingerprint density at radius 3 is 1.28 bits per heavy atom. The molecule has 0 amide bonds. The summed E-state index contributed by atoms with van der Waals surface area (Å²) in [4.78, 5) is 23.3. The largest absolute Gasteiger partial charge is 0.481 e. The molecular formula is C39H74O4. The number of unbranched alkanes of at least 4 members (excludes halogenated alkanes) is 24. The molecule has 4 heteroatoms. The van der Waals surface area contributed by atoms with Crippen molar-refractivity contribution in [3.63, 3.8) is 0 Å². The van der Waals surface area contributed by atoms with E-state index < -0.39 is 5.97 Å². The minimum absolute atomic E-state index is 0.0171. The molecule has 0 aromatic carbocycles. The lowest BCUT2D eigenvalue weighted by atomic mass is 10.0. The van der Waals surface area contributed by atoms with Gasteiger partial charge in [0.1, 0.15) is 6.10 Å². The monoisotopic (exact) mass is 607 g/mol. The molecule has 254 valence electrons. The quantitative estimate of drug-likeness (QED) is 0.0443. The molecule has 0 bridgehead atoms. The summed E-state index contributed by atoms with van der Waals surface area (Å²) in [6, 6.07) is 0. The third kappa shape index (κ3) is 35.0. The van der Waals surface area contributed by atoms with Gasteiger partial charge in [-0.3, -0.25) is 9.59 Å². The number of carboxylic acids is 1. The van der Waals surface area contributed by atoms with Crippen LogP contribution in [0.4, 0.5) is 0 Å². The summed E-state index contributed by atoms with van der Waals surface area (Å²) in [5.41, 5.74) is 0. The van der Waals surface area contributed by atoms with Crippen molar-refractivity contribution in [2.75, 3.05) is 0 Å². The third-order valence-electron chi connectivity index (χ3n) is 8.74. The van der Waals surface area contributed by atoms with E-state index in [1.54, 1.807) is 0 Å². The maximum atomic E-state index is 12.6. The van der Waals surface area contributed by atoms with Crippen molar-refractivity contribution >= 4 is 11.9 Å². The second-order valence-corrected chi connectivity index (χ2v) is 13.1. The number of allylic oxidation sites excluding steroid dienone is 2. The summed E-state index contributed by atoms with van der Waals surface area (Å²) < 4.78 is 6.02. The molecule has 0 aliphatic rings. The van der Waals surface area contributed by atoms with Gasteiger partial charge in [0.25, 0.3) is 0 Å². The van der Waals surface area contributed by atoms with Crippen LogP contribution >= 0.6 is 0 Å². The second-order valence-electron chi connectivity index (χ2n) is 13.1. The summed E-state index contributed by atoms with van der Waals surface area (Å²) in [6.07, 6.45) is 42.3. The molecular weight excluding hydrogens is 532 g/mol. The van der Waals surface area contributed by atoms with Crippen LogP contribution in [0.25, 0.3) is 0 Å². The van der Waals surface area contributed by atoms with Gasteiger partial charge < -0.3 is 9.84 Å². The van der Waals surface area contributed by atoms with Crippen molar-refractivity contribution in [2.24, 2.45) is 0 Å². The molecule has 0 rings (SSSR count). The normalized spacial score (nSPS) is 12.2. The van der Waals surface area contributed by atoms with Gasteiger partial charge in [-0.15, -0.1) is 0 Å². The first kappa shape index (κ1) is 41.7. The molecule has 0 fully saturated rings. The number of ether oxygens (including phenoxy) is 1. The van der Waals surface area contributed by atoms with Gasteiger partial charge in [-0.25, -0.2) is 0 Å². The number of carbonyl (C=O) groups excluding carboxylic acids is 1. The molecule has 0 saturated carbocycles. The molecule has 0 heterocycles. The van der Waals surface area contributed by atoms with Gasteiger partial charge in [-0.05, 0) is 64.2 Å². The minimum Gasteiger partial charge on any atom is -0.481 e. The standard InChI is InChI=1S/C39H74O4/c1-3-5-7-9-11-13-14-15-16-17-19-24-28-32-36-39(42)43-37(33-29-25-21-18-12-10-8-6-4-2)34-30-26-22-20-23-27-31-35-38(40)41/h13-14,37H,3-12,15-36H2,1-2H3,(H,40,41)/b14-13-.